The van der Waals surface area contributed by atoms with Crippen LogP contribution in [0.25, 0.3) is 6.08 Å². The Bertz CT molecular complexity index is 607. The standard InChI is InChI=1S/C18H21NO2S/c1-3-10-19(4-2)13-17-7-8-18(21-17)14-20-11-5-6-16-9-12-22-15-16/h1,5-9,12,15H,4,10-11,13-14H2,2H3/b6-5+. The van der Waals surface area contributed by atoms with Gasteiger partial charge in [0.1, 0.15) is 18.1 Å². The van der Waals surface area contributed by atoms with Crippen LogP contribution in [0.3, 0.4) is 0 Å². The van der Waals surface area contributed by atoms with Crippen molar-refractivity contribution < 1.29 is 9.15 Å². The Balaban J connectivity index is 1.71. The van der Waals surface area contributed by atoms with Gasteiger partial charge in [-0.15, -0.1) is 6.42 Å². The minimum Gasteiger partial charge on any atom is -0.462 e. The van der Waals surface area contributed by atoms with Gasteiger partial charge in [0, 0.05) is 0 Å². The molecule has 0 aliphatic carbocycles. The molecule has 0 aromatic carbocycles. The highest BCUT2D eigenvalue weighted by Gasteiger charge is 2.06. The van der Waals surface area contributed by atoms with E-state index in [0.29, 0.717) is 19.8 Å². The van der Waals surface area contributed by atoms with E-state index in [9.17, 15) is 0 Å². The predicted octanol–water partition coefficient (Wildman–Crippen LogP) is 4.03. The van der Waals surface area contributed by atoms with Gasteiger partial charge in [-0.2, -0.15) is 11.3 Å². The first kappa shape index (κ1) is 16.6. The van der Waals surface area contributed by atoms with Crippen molar-refractivity contribution in [3.05, 3.63) is 52.1 Å². The number of rotatable bonds is 9. The number of furan rings is 1. The van der Waals surface area contributed by atoms with Crippen LogP contribution in [-0.4, -0.2) is 24.6 Å². The third-order valence-electron chi connectivity index (χ3n) is 3.17. The van der Waals surface area contributed by atoms with Gasteiger partial charge in [0.25, 0.3) is 0 Å². The summed E-state index contributed by atoms with van der Waals surface area (Å²) in [4.78, 5) is 2.15. The summed E-state index contributed by atoms with van der Waals surface area (Å²) in [6.45, 7) is 5.42. The van der Waals surface area contributed by atoms with Crippen LogP contribution in [0.1, 0.15) is 24.0 Å². The van der Waals surface area contributed by atoms with Crippen molar-refractivity contribution in [1.82, 2.24) is 4.90 Å². The molecule has 2 rings (SSSR count). The summed E-state index contributed by atoms with van der Waals surface area (Å²) in [7, 11) is 0. The normalized spacial score (nSPS) is 11.3. The van der Waals surface area contributed by atoms with Crippen LogP contribution in [0.4, 0.5) is 0 Å². The third kappa shape index (κ3) is 5.53. The minimum absolute atomic E-state index is 0.481. The third-order valence-corrected chi connectivity index (χ3v) is 3.87. The lowest BCUT2D eigenvalue weighted by Gasteiger charge is -2.15. The van der Waals surface area contributed by atoms with Gasteiger partial charge in [-0.05, 0) is 41.1 Å². The van der Waals surface area contributed by atoms with Gasteiger partial charge >= 0.3 is 0 Å². The molecule has 3 nitrogen and oxygen atoms in total. The van der Waals surface area contributed by atoms with E-state index in [0.717, 1.165) is 24.6 Å². The lowest BCUT2D eigenvalue weighted by molar-refractivity contribution is 0.129. The molecule has 0 amide bonds. The molecular weight excluding hydrogens is 294 g/mol. The first-order valence-electron chi connectivity index (χ1n) is 7.31. The van der Waals surface area contributed by atoms with Gasteiger partial charge in [-0.1, -0.05) is 25.0 Å². The second-order valence-electron chi connectivity index (χ2n) is 4.85. The summed E-state index contributed by atoms with van der Waals surface area (Å²) in [5.74, 6) is 4.42. The second-order valence-corrected chi connectivity index (χ2v) is 5.63. The van der Waals surface area contributed by atoms with Gasteiger partial charge in [-0.25, -0.2) is 0 Å². The summed E-state index contributed by atoms with van der Waals surface area (Å²) < 4.78 is 11.3. The van der Waals surface area contributed by atoms with Gasteiger partial charge in [0.05, 0.1) is 19.7 Å². The first-order chi connectivity index (χ1) is 10.8. The molecule has 0 aliphatic heterocycles. The predicted molar refractivity (Wildman–Crippen MR) is 91.5 cm³/mol. The molecule has 0 saturated heterocycles. The van der Waals surface area contributed by atoms with Gasteiger partial charge < -0.3 is 9.15 Å². The van der Waals surface area contributed by atoms with Crippen LogP contribution < -0.4 is 0 Å². The average molecular weight is 315 g/mol. The molecule has 0 aliphatic rings. The topological polar surface area (TPSA) is 25.6 Å². The molecule has 0 spiro atoms. The number of terminal acetylenes is 1. The SMILES string of the molecule is C#CCN(CC)Cc1ccc(COC/C=C/c2ccsc2)o1. The number of ether oxygens (including phenoxy) is 1. The molecule has 2 aromatic heterocycles. The van der Waals surface area contributed by atoms with Crippen molar-refractivity contribution in [1.29, 1.82) is 0 Å². The quantitative estimate of drug-likeness (QED) is 0.516. The van der Waals surface area contributed by atoms with Crippen molar-refractivity contribution in [2.45, 2.75) is 20.1 Å². The fraction of sp³-hybridized carbons (Fsp3) is 0.333. The van der Waals surface area contributed by atoms with Crippen molar-refractivity contribution in [2.24, 2.45) is 0 Å². The fourth-order valence-electron chi connectivity index (χ4n) is 2.00. The van der Waals surface area contributed by atoms with E-state index < -0.39 is 0 Å². The van der Waals surface area contributed by atoms with Crippen molar-refractivity contribution >= 4 is 17.4 Å². The van der Waals surface area contributed by atoms with Gasteiger partial charge in [0.2, 0.25) is 0 Å². The Morgan fingerprint density at radius 1 is 1.36 bits per heavy atom. The van der Waals surface area contributed by atoms with Crippen LogP contribution in [0.2, 0.25) is 0 Å². The van der Waals surface area contributed by atoms with Gasteiger partial charge in [-0.3, -0.25) is 4.90 Å². The van der Waals surface area contributed by atoms with E-state index in [1.807, 2.05) is 18.2 Å². The molecular formula is C18H21NO2S. The summed E-state index contributed by atoms with van der Waals surface area (Å²) in [5, 5.41) is 4.16. The van der Waals surface area contributed by atoms with E-state index in [4.69, 9.17) is 15.6 Å². The largest absolute Gasteiger partial charge is 0.462 e. The van der Waals surface area contributed by atoms with Gasteiger partial charge in [0.15, 0.2) is 0 Å². The molecule has 116 valence electrons. The summed E-state index contributed by atoms with van der Waals surface area (Å²) in [6.07, 6.45) is 9.42. The van der Waals surface area contributed by atoms with Crippen molar-refractivity contribution in [3.63, 3.8) is 0 Å². The van der Waals surface area contributed by atoms with Crippen LogP contribution in [0.15, 0.2) is 39.5 Å². The molecule has 0 bridgehead atoms. The number of hydrogen-bond donors (Lipinski definition) is 0. The Morgan fingerprint density at radius 3 is 2.95 bits per heavy atom. The van der Waals surface area contributed by atoms with E-state index in [2.05, 4.69) is 40.6 Å². The Hall–Kier alpha value is -1.80. The first-order valence-corrected chi connectivity index (χ1v) is 8.26. The number of hydrogen-bond acceptors (Lipinski definition) is 4. The molecule has 2 aromatic rings. The van der Waals surface area contributed by atoms with Crippen LogP contribution in [0, 0.1) is 12.3 Å². The molecule has 4 heteroatoms. The number of thiophene rings is 1. The Labute approximate surface area is 136 Å². The lowest BCUT2D eigenvalue weighted by atomic mass is 10.3. The summed E-state index contributed by atoms with van der Waals surface area (Å²) >= 11 is 1.69. The number of nitrogens with zero attached hydrogens (tertiary/aromatic N) is 1. The average Bonchev–Trinajstić information content (AvgIpc) is 3.18. The zero-order valence-electron chi connectivity index (χ0n) is 12.8. The monoisotopic (exact) mass is 315 g/mol. The van der Waals surface area contributed by atoms with E-state index in [-0.39, 0.29) is 0 Å². The van der Waals surface area contributed by atoms with E-state index in [1.54, 1.807) is 11.3 Å². The Kier molecular flexibility index (Phi) is 6.98. The summed E-state index contributed by atoms with van der Waals surface area (Å²) in [5.41, 5.74) is 1.21. The second kappa shape index (κ2) is 9.26. The molecule has 0 N–H and O–H groups in total. The summed E-state index contributed by atoms with van der Waals surface area (Å²) in [6, 6.07) is 6.02. The maximum atomic E-state index is 5.76. The molecule has 0 fully saturated rings. The zero-order chi connectivity index (χ0) is 15.6. The molecule has 22 heavy (non-hydrogen) atoms. The molecule has 0 atom stereocenters. The van der Waals surface area contributed by atoms with E-state index in [1.165, 1.54) is 5.56 Å². The fourth-order valence-corrected chi connectivity index (χ4v) is 2.62. The molecule has 0 radical (unpaired) electrons. The van der Waals surface area contributed by atoms with Crippen molar-refractivity contribution in [3.8, 4) is 12.3 Å². The van der Waals surface area contributed by atoms with Crippen LogP contribution in [-0.2, 0) is 17.9 Å². The highest BCUT2D eigenvalue weighted by atomic mass is 32.1. The highest BCUT2D eigenvalue weighted by molar-refractivity contribution is 7.08. The highest BCUT2D eigenvalue weighted by Crippen LogP contribution is 2.12. The van der Waals surface area contributed by atoms with E-state index >= 15 is 0 Å². The minimum atomic E-state index is 0.481. The van der Waals surface area contributed by atoms with Crippen LogP contribution in [0.5, 0.6) is 0 Å². The molecule has 0 unspecified atom stereocenters. The van der Waals surface area contributed by atoms with Crippen molar-refractivity contribution in [2.75, 3.05) is 19.7 Å². The lowest BCUT2D eigenvalue weighted by Crippen LogP contribution is -2.22. The Morgan fingerprint density at radius 2 is 2.23 bits per heavy atom. The smallest absolute Gasteiger partial charge is 0.129 e. The van der Waals surface area contributed by atoms with Crippen LogP contribution >= 0.6 is 11.3 Å². The maximum Gasteiger partial charge on any atom is 0.129 e. The molecule has 2 heterocycles. The maximum absolute atomic E-state index is 5.76. The zero-order valence-corrected chi connectivity index (χ0v) is 13.6. The molecule has 0 saturated carbocycles.